The Hall–Kier alpha value is -2.74. The number of fused-ring (bicyclic) bond motifs is 1. The molecule has 1 N–H and O–H groups in total. The van der Waals surface area contributed by atoms with Crippen molar-refractivity contribution in [2.75, 3.05) is 33.9 Å². The maximum Gasteiger partial charge on any atom is 0.390 e. The summed E-state index contributed by atoms with van der Waals surface area (Å²) in [4.78, 5) is 32.3. The fourth-order valence-electron chi connectivity index (χ4n) is 3.20. The molecule has 0 saturated carbocycles. The van der Waals surface area contributed by atoms with Gasteiger partial charge in [0, 0.05) is 33.7 Å². The molecule has 0 radical (unpaired) electrons. The molecule has 1 atom stereocenters. The molecule has 1 unspecified atom stereocenters. The average molecular weight is 372 g/mol. The van der Waals surface area contributed by atoms with Crippen molar-refractivity contribution in [2.45, 2.75) is 25.9 Å². The summed E-state index contributed by atoms with van der Waals surface area (Å²) in [7, 11) is 3.15. The van der Waals surface area contributed by atoms with Crippen LogP contribution in [0, 0.1) is 0 Å². The number of nitrogens with zero attached hydrogens (tertiary/aromatic N) is 4. The molecule has 1 saturated heterocycles. The first-order valence-electron chi connectivity index (χ1n) is 9.17. The number of benzene rings is 1. The van der Waals surface area contributed by atoms with Crippen LogP contribution in [0.25, 0.3) is 0 Å². The van der Waals surface area contributed by atoms with Crippen LogP contribution in [0.15, 0.2) is 35.3 Å². The zero-order valence-electron chi connectivity index (χ0n) is 16.0. The van der Waals surface area contributed by atoms with E-state index in [-0.39, 0.29) is 11.9 Å². The van der Waals surface area contributed by atoms with Gasteiger partial charge in [0.15, 0.2) is 0 Å². The monoisotopic (exact) mass is 372 g/mol. The van der Waals surface area contributed by atoms with Crippen LogP contribution in [0.3, 0.4) is 0 Å². The number of guanidine groups is 1. The van der Waals surface area contributed by atoms with Crippen LogP contribution >= 0.6 is 0 Å². The Morgan fingerprint density at radius 2 is 1.93 bits per heavy atom. The van der Waals surface area contributed by atoms with Crippen LogP contribution in [0.4, 0.5) is 4.79 Å². The molecule has 0 aromatic heterocycles. The highest BCUT2D eigenvalue weighted by Crippen LogP contribution is 2.20. The average Bonchev–Trinajstić information content (AvgIpc) is 3.04. The van der Waals surface area contributed by atoms with E-state index in [1.54, 1.807) is 7.05 Å². The van der Waals surface area contributed by atoms with Crippen molar-refractivity contribution in [3.8, 4) is 0 Å². The Bertz CT molecular complexity index is 775. The molecule has 3 rings (SSSR count). The SMILES string of the molecule is CCOCCCNC1=[N+](Cc2ccccc2)C2C(=O)N(C)C(=O)N(C)C2=N1. The Kier molecular flexibility index (Phi) is 5.85. The lowest BCUT2D eigenvalue weighted by atomic mass is 10.1. The number of ether oxygens (including phenoxy) is 1. The van der Waals surface area contributed by atoms with Crippen LogP contribution in [0.1, 0.15) is 18.9 Å². The normalized spacial score (nSPS) is 19.5. The van der Waals surface area contributed by atoms with Gasteiger partial charge in [0.1, 0.15) is 0 Å². The highest BCUT2D eigenvalue weighted by atomic mass is 16.5. The van der Waals surface area contributed by atoms with Crippen molar-refractivity contribution in [3.63, 3.8) is 0 Å². The molecule has 8 heteroatoms. The molecule has 0 aliphatic carbocycles. The van der Waals surface area contributed by atoms with E-state index in [1.807, 2.05) is 41.8 Å². The lowest BCUT2D eigenvalue weighted by Crippen LogP contribution is -2.61. The zero-order valence-corrected chi connectivity index (χ0v) is 16.0. The number of aliphatic imine (C=N–C) groups is 1. The fourth-order valence-corrected chi connectivity index (χ4v) is 3.20. The largest absolute Gasteiger partial charge is 0.390 e. The number of hydrogen-bond donors (Lipinski definition) is 1. The number of hydrogen-bond acceptors (Lipinski definition) is 5. The number of amidine groups is 1. The zero-order chi connectivity index (χ0) is 19.4. The molecule has 144 valence electrons. The number of carbonyl (C=O) groups is 2. The van der Waals surface area contributed by atoms with Crippen LogP contribution in [-0.4, -0.2) is 78.0 Å². The number of carbonyl (C=O) groups excluding carboxylic acids is 2. The summed E-state index contributed by atoms with van der Waals surface area (Å²) >= 11 is 0. The summed E-state index contributed by atoms with van der Waals surface area (Å²) < 4.78 is 7.29. The van der Waals surface area contributed by atoms with Crippen molar-refractivity contribution in [1.29, 1.82) is 0 Å². The van der Waals surface area contributed by atoms with Gasteiger partial charge in [-0.2, -0.15) is 0 Å². The molecule has 0 bridgehead atoms. The predicted molar refractivity (Wildman–Crippen MR) is 102 cm³/mol. The van der Waals surface area contributed by atoms with E-state index in [0.29, 0.717) is 38.1 Å². The smallest absolute Gasteiger partial charge is 0.382 e. The van der Waals surface area contributed by atoms with Gasteiger partial charge in [0.25, 0.3) is 5.91 Å². The lowest BCUT2D eigenvalue weighted by Gasteiger charge is -2.31. The van der Waals surface area contributed by atoms with E-state index in [1.165, 1.54) is 11.9 Å². The summed E-state index contributed by atoms with van der Waals surface area (Å²) in [6.07, 6.45) is 0.828. The second-order valence-corrected chi connectivity index (χ2v) is 6.53. The summed E-state index contributed by atoms with van der Waals surface area (Å²) in [6.45, 7) is 4.51. The Morgan fingerprint density at radius 1 is 1.19 bits per heavy atom. The molecule has 27 heavy (non-hydrogen) atoms. The van der Waals surface area contributed by atoms with Crippen molar-refractivity contribution >= 4 is 23.7 Å². The molecule has 2 aliphatic rings. The van der Waals surface area contributed by atoms with Gasteiger partial charge < -0.3 is 4.74 Å². The molecule has 2 heterocycles. The molecule has 1 aromatic rings. The van der Waals surface area contributed by atoms with Gasteiger partial charge in [0.2, 0.25) is 11.9 Å². The fraction of sp³-hybridized carbons (Fsp3) is 0.474. The van der Waals surface area contributed by atoms with E-state index in [2.05, 4.69) is 10.3 Å². The summed E-state index contributed by atoms with van der Waals surface area (Å²) in [5, 5.41) is 3.30. The van der Waals surface area contributed by atoms with E-state index in [9.17, 15) is 9.59 Å². The van der Waals surface area contributed by atoms with E-state index >= 15 is 0 Å². The minimum absolute atomic E-state index is 0.265. The molecular weight excluding hydrogens is 346 g/mol. The number of imide groups is 1. The van der Waals surface area contributed by atoms with E-state index in [4.69, 9.17) is 4.74 Å². The predicted octanol–water partition coefficient (Wildman–Crippen LogP) is 0.876. The van der Waals surface area contributed by atoms with Crippen LogP contribution < -0.4 is 5.32 Å². The van der Waals surface area contributed by atoms with Gasteiger partial charge in [-0.05, 0) is 12.5 Å². The van der Waals surface area contributed by atoms with Gasteiger partial charge in [-0.3, -0.25) is 19.9 Å². The number of nitrogens with one attached hydrogen (secondary N) is 1. The van der Waals surface area contributed by atoms with E-state index in [0.717, 1.165) is 16.9 Å². The number of rotatable bonds is 7. The van der Waals surface area contributed by atoms with Gasteiger partial charge in [0.05, 0.1) is 13.1 Å². The molecule has 8 nitrogen and oxygen atoms in total. The maximum atomic E-state index is 12.8. The highest BCUT2D eigenvalue weighted by Gasteiger charge is 2.51. The maximum absolute atomic E-state index is 12.8. The number of urea groups is 1. The molecule has 3 amide bonds. The first-order valence-corrected chi connectivity index (χ1v) is 9.17. The van der Waals surface area contributed by atoms with Gasteiger partial charge >= 0.3 is 12.0 Å². The van der Waals surface area contributed by atoms with Crippen LogP contribution in [0.5, 0.6) is 0 Å². The topological polar surface area (TPSA) is 77.2 Å². The van der Waals surface area contributed by atoms with Crippen molar-refractivity contribution in [1.82, 2.24) is 15.1 Å². The van der Waals surface area contributed by atoms with Crippen LogP contribution in [-0.2, 0) is 16.1 Å². The first-order chi connectivity index (χ1) is 13.0. The Morgan fingerprint density at radius 3 is 2.63 bits per heavy atom. The Labute approximate surface area is 159 Å². The molecule has 0 spiro atoms. The van der Waals surface area contributed by atoms with E-state index < -0.39 is 6.04 Å². The second kappa shape index (κ2) is 8.30. The number of likely N-dealkylation sites (N-methyl/N-ethyl adjacent to an activating group) is 2. The lowest BCUT2D eigenvalue weighted by molar-refractivity contribution is -0.553. The minimum atomic E-state index is -0.604. The third-order valence-corrected chi connectivity index (χ3v) is 4.68. The Balaban J connectivity index is 1.86. The summed E-state index contributed by atoms with van der Waals surface area (Å²) in [5.74, 6) is 0.809. The molecular formula is C19H26N5O3+. The molecule has 2 aliphatic heterocycles. The quantitative estimate of drug-likeness (QED) is 0.569. The third-order valence-electron chi connectivity index (χ3n) is 4.68. The van der Waals surface area contributed by atoms with Gasteiger partial charge in [-0.1, -0.05) is 35.3 Å². The molecule has 1 aromatic carbocycles. The summed E-state index contributed by atoms with van der Waals surface area (Å²) in [6, 6.07) is 8.93. The minimum Gasteiger partial charge on any atom is -0.382 e. The van der Waals surface area contributed by atoms with Crippen molar-refractivity contribution in [3.05, 3.63) is 35.9 Å². The van der Waals surface area contributed by atoms with Crippen molar-refractivity contribution in [2.24, 2.45) is 4.99 Å². The van der Waals surface area contributed by atoms with Crippen molar-refractivity contribution < 1.29 is 18.9 Å². The van der Waals surface area contributed by atoms with Crippen LogP contribution in [0.2, 0.25) is 0 Å². The highest BCUT2D eigenvalue weighted by molar-refractivity contribution is 6.22. The van der Waals surface area contributed by atoms with Gasteiger partial charge in [-0.25, -0.2) is 9.37 Å². The second-order valence-electron chi connectivity index (χ2n) is 6.53. The standard InChI is InChI=1S/C19H25N5O3/c1-4-27-12-8-11-20-18-21-16-15(17(25)23(3)19(26)22(16)2)24(18)13-14-9-6-5-7-10-14/h5-7,9-10,15H,4,8,11-13H2,1-3H3/p+1. The first kappa shape index (κ1) is 19.0. The summed E-state index contributed by atoms with van der Waals surface area (Å²) in [5.41, 5.74) is 1.07. The number of amides is 3. The third kappa shape index (κ3) is 3.85. The molecule has 1 fully saturated rings. The van der Waals surface area contributed by atoms with Gasteiger partial charge in [-0.15, -0.1) is 0 Å².